The molecule has 0 radical (unpaired) electrons. The van der Waals surface area contributed by atoms with Gasteiger partial charge in [-0.05, 0) is 29.5 Å². The average molecular weight is 289 g/mol. The normalized spacial score (nSPS) is 13.1. The van der Waals surface area contributed by atoms with Crippen LogP contribution >= 0.6 is 0 Å². The van der Waals surface area contributed by atoms with Gasteiger partial charge in [-0.3, -0.25) is 0 Å². The number of amidine groups is 1. The Labute approximate surface area is 122 Å². The standard InChI is InChI=1S/C13H19N7O/c1-3-19(9-10(2)12(14)16-21)13-15-17-18-20(13)11-7-5-4-6-8-11/h4-8,10,21H,3,9H2,1-2H3,(H2,14,16). The Morgan fingerprint density at radius 2 is 2.14 bits per heavy atom. The minimum absolute atomic E-state index is 0.115. The third kappa shape index (κ3) is 3.28. The summed E-state index contributed by atoms with van der Waals surface area (Å²) in [5.74, 6) is 0.698. The van der Waals surface area contributed by atoms with E-state index < -0.39 is 0 Å². The highest BCUT2D eigenvalue weighted by Gasteiger charge is 2.19. The number of aromatic nitrogens is 4. The Hall–Kier alpha value is -2.64. The van der Waals surface area contributed by atoms with Crippen LogP contribution in [0.5, 0.6) is 0 Å². The van der Waals surface area contributed by atoms with Crippen molar-refractivity contribution in [2.75, 3.05) is 18.0 Å². The zero-order chi connectivity index (χ0) is 15.2. The zero-order valence-corrected chi connectivity index (χ0v) is 12.1. The minimum Gasteiger partial charge on any atom is -0.409 e. The van der Waals surface area contributed by atoms with Gasteiger partial charge in [0.15, 0.2) is 0 Å². The van der Waals surface area contributed by atoms with Gasteiger partial charge in [0.1, 0.15) is 5.84 Å². The van der Waals surface area contributed by atoms with E-state index in [0.29, 0.717) is 19.0 Å². The fourth-order valence-corrected chi connectivity index (χ4v) is 1.99. The second-order valence-electron chi connectivity index (χ2n) is 4.69. The molecule has 0 aliphatic carbocycles. The molecule has 8 nitrogen and oxygen atoms in total. The van der Waals surface area contributed by atoms with E-state index in [4.69, 9.17) is 10.9 Å². The van der Waals surface area contributed by atoms with Crippen molar-refractivity contribution in [1.29, 1.82) is 0 Å². The van der Waals surface area contributed by atoms with Crippen LogP contribution in [0.15, 0.2) is 35.5 Å². The Balaban J connectivity index is 2.26. The van der Waals surface area contributed by atoms with Crippen LogP contribution in [0.3, 0.4) is 0 Å². The summed E-state index contributed by atoms with van der Waals surface area (Å²) in [5, 5.41) is 23.7. The van der Waals surface area contributed by atoms with Crippen molar-refractivity contribution in [2.24, 2.45) is 16.8 Å². The molecule has 0 aliphatic heterocycles. The van der Waals surface area contributed by atoms with Crippen molar-refractivity contribution < 1.29 is 5.21 Å². The van der Waals surface area contributed by atoms with Crippen molar-refractivity contribution >= 4 is 11.8 Å². The maximum Gasteiger partial charge on any atom is 0.250 e. The van der Waals surface area contributed by atoms with Crippen molar-refractivity contribution in [2.45, 2.75) is 13.8 Å². The lowest BCUT2D eigenvalue weighted by molar-refractivity contribution is 0.314. The SMILES string of the molecule is CCN(CC(C)C(N)=NO)c1nnnn1-c1ccccc1. The molecule has 0 amide bonds. The van der Waals surface area contributed by atoms with E-state index >= 15 is 0 Å². The van der Waals surface area contributed by atoms with Crippen molar-refractivity contribution in [1.82, 2.24) is 20.2 Å². The van der Waals surface area contributed by atoms with Crippen LogP contribution in [-0.4, -0.2) is 44.3 Å². The molecule has 8 heteroatoms. The van der Waals surface area contributed by atoms with Gasteiger partial charge >= 0.3 is 0 Å². The lowest BCUT2D eigenvalue weighted by Gasteiger charge is -2.24. The maximum atomic E-state index is 8.75. The number of rotatable bonds is 6. The van der Waals surface area contributed by atoms with Crippen LogP contribution in [0.25, 0.3) is 5.69 Å². The smallest absolute Gasteiger partial charge is 0.250 e. The van der Waals surface area contributed by atoms with Gasteiger partial charge < -0.3 is 15.8 Å². The number of hydrogen-bond acceptors (Lipinski definition) is 6. The highest BCUT2D eigenvalue weighted by atomic mass is 16.4. The van der Waals surface area contributed by atoms with E-state index in [9.17, 15) is 0 Å². The molecule has 0 spiro atoms. The predicted octanol–water partition coefficient (Wildman–Crippen LogP) is 0.871. The zero-order valence-electron chi connectivity index (χ0n) is 12.1. The highest BCUT2D eigenvalue weighted by Crippen LogP contribution is 2.16. The maximum absolute atomic E-state index is 8.75. The highest BCUT2D eigenvalue weighted by molar-refractivity contribution is 5.82. The topological polar surface area (TPSA) is 105 Å². The quantitative estimate of drug-likeness (QED) is 0.354. The molecule has 2 rings (SSSR count). The number of hydrogen-bond donors (Lipinski definition) is 2. The molecule has 1 aromatic carbocycles. The summed E-state index contributed by atoms with van der Waals surface area (Å²) in [6.07, 6.45) is 0. The third-order valence-corrected chi connectivity index (χ3v) is 3.23. The molecule has 1 unspecified atom stereocenters. The number of para-hydroxylation sites is 1. The average Bonchev–Trinajstić information content (AvgIpc) is 3.01. The van der Waals surface area contributed by atoms with Crippen LogP contribution in [0.2, 0.25) is 0 Å². The molecule has 21 heavy (non-hydrogen) atoms. The first-order valence-corrected chi connectivity index (χ1v) is 6.73. The monoisotopic (exact) mass is 289 g/mol. The molecule has 0 saturated heterocycles. The minimum atomic E-state index is -0.115. The first-order chi connectivity index (χ1) is 10.2. The van der Waals surface area contributed by atoms with E-state index in [0.717, 1.165) is 5.69 Å². The van der Waals surface area contributed by atoms with Crippen LogP contribution in [0, 0.1) is 5.92 Å². The molecule has 0 aliphatic rings. The molecule has 0 fully saturated rings. The number of anilines is 1. The fraction of sp³-hybridized carbons (Fsp3) is 0.385. The molecule has 1 aromatic heterocycles. The lowest BCUT2D eigenvalue weighted by Crippen LogP contribution is -2.36. The van der Waals surface area contributed by atoms with Gasteiger partial charge in [-0.15, -0.1) is 0 Å². The van der Waals surface area contributed by atoms with Crippen LogP contribution in [-0.2, 0) is 0 Å². The molecular weight excluding hydrogens is 270 g/mol. The molecule has 0 saturated carbocycles. The van der Waals surface area contributed by atoms with Crippen molar-refractivity contribution in [3.8, 4) is 5.69 Å². The summed E-state index contributed by atoms with van der Waals surface area (Å²) < 4.78 is 1.67. The largest absolute Gasteiger partial charge is 0.409 e. The summed E-state index contributed by atoms with van der Waals surface area (Å²) in [6.45, 7) is 5.15. The molecular formula is C13H19N7O. The van der Waals surface area contributed by atoms with Crippen LogP contribution in [0.1, 0.15) is 13.8 Å². The summed E-state index contributed by atoms with van der Waals surface area (Å²) in [7, 11) is 0. The van der Waals surface area contributed by atoms with Crippen LogP contribution < -0.4 is 10.6 Å². The molecule has 2 aromatic rings. The lowest BCUT2D eigenvalue weighted by atomic mass is 10.1. The van der Waals surface area contributed by atoms with Crippen LogP contribution in [0.4, 0.5) is 5.95 Å². The number of oxime groups is 1. The Kier molecular flexibility index (Phi) is 4.70. The summed E-state index contributed by atoms with van der Waals surface area (Å²) >= 11 is 0. The first-order valence-electron chi connectivity index (χ1n) is 6.73. The summed E-state index contributed by atoms with van der Waals surface area (Å²) in [6, 6.07) is 9.65. The summed E-state index contributed by atoms with van der Waals surface area (Å²) in [4.78, 5) is 1.98. The van der Waals surface area contributed by atoms with Gasteiger partial charge in [-0.1, -0.05) is 35.4 Å². The molecule has 0 bridgehead atoms. The second kappa shape index (κ2) is 6.69. The van der Waals surface area contributed by atoms with Gasteiger partial charge in [0, 0.05) is 19.0 Å². The van der Waals surface area contributed by atoms with Gasteiger partial charge in [0.05, 0.1) is 5.69 Å². The molecule has 3 N–H and O–H groups in total. The number of nitrogens with two attached hydrogens (primary N) is 1. The van der Waals surface area contributed by atoms with Gasteiger partial charge in [-0.25, -0.2) is 0 Å². The predicted molar refractivity (Wildman–Crippen MR) is 79.6 cm³/mol. The number of tetrazole rings is 1. The van der Waals surface area contributed by atoms with Gasteiger partial charge in [0.25, 0.3) is 0 Å². The van der Waals surface area contributed by atoms with E-state index in [2.05, 4.69) is 20.7 Å². The number of benzene rings is 1. The van der Waals surface area contributed by atoms with Crippen molar-refractivity contribution in [3.05, 3.63) is 30.3 Å². The Bertz CT molecular complexity index is 596. The molecule has 1 heterocycles. The van der Waals surface area contributed by atoms with Gasteiger partial charge in [0.2, 0.25) is 5.95 Å². The first kappa shape index (κ1) is 14.8. The summed E-state index contributed by atoms with van der Waals surface area (Å²) in [5.41, 5.74) is 6.52. The van der Waals surface area contributed by atoms with Crippen molar-refractivity contribution in [3.63, 3.8) is 0 Å². The number of nitrogens with zero attached hydrogens (tertiary/aromatic N) is 6. The van der Waals surface area contributed by atoms with E-state index in [-0.39, 0.29) is 11.8 Å². The Morgan fingerprint density at radius 1 is 1.43 bits per heavy atom. The third-order valence-electron chi connectivity index (χ3n) is 3.23. The molecule has 112 valence electrons. The Morgan fingerprint density at radius 3 is 2.76 bits per heavy atom. The van der Waals surface area contributed by atoms with E-state index in [1.165, 1.54) is 0 Å². The van der Waals surface area contributed by atoms with Gasteiger partial charge in [-0.2, -0.15) is 4.68 Å². The second-order valence-corrected chi connectivity index (χ2v) is 4.69. The fourth-order valence-electron chi connectivity index (χ4n) is 1.99. The van der Waals surface area contributed by atoms with E-state index in [1.807, 2.05) is 49.1 Å². The van der Waals surface area contributed by atoms with E-state index in [1.54, 1.807) is 4.68 Å². The molecule has 1 atom stereocenters.